The summed E-state index contributed by atoms with van der Waals surface area (Å²) in [6.07, 6.45) is 0.633. The number of rotatable bonds is 2. The number of methoxy groups -OCH3 is 1. The van der Waals surface area contributed by atoms with E-state index in [1.165, 1.54) is 29.2 Å². The van der Waals surface area contributed by atoms with Gasteiger partial charge in [0.05, 0.1) is 13.2 Å². The summed E-state index contributed by atoms with van der Waals surface area (Å²) < 4.78 is 5.00. The quantitative estimate of drug-likeness (QED) is 0.713. The number of hydrogen-bond donors (Lipinski definition) is 2. The monoisotopic (exact) mass is 320 g/mol. The van der Waals surface area contributed by atoms with Crippen LogP contribution in [0.4, 0.5) is 0 Å². The van der Waals surface area contributed by atoms with Crippen molar-refractivity contribution in [3.63, 3.8) is 0 Å². The first kappa shape index (κ1) is 15.0. The molecule has 4 rings (SSSR count). The van der Waals surface area contributed by atoms with Gasteiger partial charge in [0.2, 0.25) is 0 Å². The van der Waals surface area contributed by atoms with E-state index in [-0.39, 0.29) is 18.1 Å². The molecule has 0 aliphatic carbocycles. The predicted octanol–water partition coefficient (Wildman–Crippen LogP) is 3.25. The average molecular weight is 320 g/mol. The topological polar surface area (TPSA) is 54.1 Å². The van der Waals surface area contributed by atoms with Crippen LogP contribution in [0.1, 0.15) is 28.4 Å². The fourth-order valence-corrected chi connectivity index (χ4v) is 3.68. The maximum Gasteiger partial charge on any atom is 0.323 e. The van der Waals surface area contributed by atoms with Gasteiger partial charge in [-0.2, -0.15) is 0 Å². The van der Waals surface area contributed by atoms with Gasteiger partial charge in [-0.1, -0.05) is 42.5 Å². The van der Waals surface area contributed by atoms with E-state index in [0.717, 1.165) is 11.2 Å². The van der Waals surface area contributed by atoms with Crippen LogP contribution in [0.2, 0.25) is 0 Å². The number of hydrogen-bond acceptors (Lipinski definition) is 3. The fourth-order valence-electron chi connectivity index (χ4n) is 3.68. The Morgan fingerprint density at radius 2 is 1.88 bits per heavy atom. The van der Waals surface area contributed by atoms with E-state index in [9.17, 15) is 4.79 Å². The number of fused-ring (bicyclic) bond motifs is 3. The molecule has 2 aromatic carbocycles. The Bertz CT molecular complexity index is 913. The first-order valence-corrected chi connectivity index (χ1v) is 8.18. The molecular weight excluding hydrogens is 300 g/mol. The minimum atomic E-state index is -0.341. The molecule has 0 fully saturated rings. The molecule has 0 saturated carbocycles. The van der Waals surface area contributed by atoms with Crippen molar-refractivity contribution in [2.24, 2.45) is 0 Å². The summed E-state index contributed by atoms with van der Waals surface area (Å²) >= 11 is 0. The predicted molar refractivity (Wildman–Crippen MR) is 94.0 cm³/mol. The SMILES string of the molecule is COC(=O)C1Cc2c([nH]c3ccccc23)C(c2ccccc2C)N1. The summed E-state index contributed by atoms with van der Waals surface area (Å²) in [4.78, 5) is 15.8. The zero-order valence-electron chi connectivity index (χ0n) is 13.8. The highest BCUT2D eigenvalue weighted by Crippen LogP contribution is 2.36. The normalized spacial score (nSPS) is 19.9. The molecule has 0 bridgehead atoms. The van der Waals surface area contributed by atoms with Crippen LogP contribution < -0.4 is 5.32 Å². The summed E-state index contributed by atoms with van der Waals surface area (Å²) in [5.74, 6) is -0.218. The Hall–Kier alpha value is -2.59. The van der Waals surface area contributed by atoms with E-state index in [1.807, 2.05) is 24.3 Å². The number of carbonyl (C=O) groups is 1. The number of benzene rings is 2. The largest absolute Gasteiger partial charge is 0.468 e. The highest BCUT2D eigenvalue weighted by molar-refractivity contribution is 5.87. The molecule has 24 heavy (non-hydrogen) atoms. The molecule has 2 N–H and O–H groups in total. The van der Waals surface area contributed by atoms with E-state index in [0.29, 0.717) is 6.42 Å². The minimum absolute atomic E-state index is 0.0496. The van der Waals surface area contributed by atoms with Gasteiger partial charge in [0.25, 0.3) is 0 Å². The molecule has 1 aliphatic heterocycles. The Kier molecular flexibility index (Phi) is 3.62. The lowest BCUT2D eigenvalue weighted by Gasteiger charge is -2.31. The molecule has 0 amide bonds. The fraction of sp³-hybridized carbons (Fsp3) is 0.250. The van der Waals surface area contributed by atoms with Crippen LogP contribution in [0.5, 0.6) is 0 Å². The van der Waals surface area contributed by atoms with Gasteiger partial charge in [0, 0.05) is 23.0 Å². The van der Waals surface area contributed by atoms with Crippen LogP contribution in [0.3, 0.4) is 0 Å². The molecule has 3 aromatic rings. The zero-order valence-corrected chi connectivity index (χ0v) is 13.8. The molecular formula is C20H20N2O2. The van der Waals surface area contributed by atoms with Crippen molar-refractivity contribution in [1.82, 2.24) is 10.3 Å². The number of esters is 1. The molecule has 4 heteroatoms. The van der Waals surface area contributed by atoms with Crippen molar-refractivity contribution < 1.29 is 9.53 Å². The van der Waals surface area contributed by atoms with Gasteiger partial charge in [0.1, 0.15) is 6.04 Å². The number of para-hydroxylation sites is 1. The molecule has 2 unspecified atom stereocenters. The lowest BCUT2D eigenvalue weighted by Crippen LogP contribution is -2.45. The van der Waals surface area contributed by atoms with Crippen molar-refractivity contribution >= 4 is 16.9 Å². The Morgan fingerprint density at radius 3 is 2.67 bits per heavy atom. The maximum absolute atomic E-state index is 12.2. The summed E-state index contributed by atoms with van der Waals surface area (Å²) in [6.45, 7) is 2.10. The third-order valence-electron chi connectivity index (χ3n) is 4.90. The van der Waals surface area contributed by atoms with E-state index < -0.39 is 0 Å². The minimum Gasteiger partial charge on any atom is -0.468 e. The summed E-state index contributed by atoms with van der Waals surface area (Å²) in [7, 11) is 1.44. The van der Waals surface area contributed by atoms with Gasteiger partial charge in [-0.25, -0.2) is 0 Å². The number of ether oxygens (including phenoxy) is 1. The van der Waals surface area contributed by atoms with Gasteiger partial charge >= 0.3 is 5.97 Å². The van der Waals surface area contributed by atoms with Crippen molar-refractivity contribution in [3.05, 3.63) is 70.9 Å². The van der Waals surface area contributed by atoms with E-state index in [1.54, 1.807) is 0 Å². The van der Waals surface area contributed by atoms with E-state index >= 15 is 0 Å². The first-order chi connectivity index (χ1) is 11.7. The number of nitrogens with one attached hydrogen (secondary N) is 2. The lowest BCUT2D eigenvalue weighted by molar-refractivity contribution is -0.143. The Balaban J connectivity index is 1.90. The second-order valence-corrected chi connectivity index (χ2v) is 6.30. The molecule has 1 aromatic heterocycles. The Morgan fingerprint density at radius 1 is 1.12 bits per heavy atom. The first-order valence-electron chi connectivity index (χ1n) is 8.18. The average Bonchev–Trinajstić information content (AvgIpc) is 2.99. The van der Waals surface area contributed by atoms with Crippen molar-refractivity contribution in [3.8, 4) is 0 Å². The summed E-state index contributed by atoms with van der Waals surface area (Å²) in [5.41, 5.74) is 5.83. The van der Waals surface area contributed by atoms with Gasteiger partial charge in [0.15, 0.2) is 0 Å². The molecule has 0 spiro atoms. The Labute approximate surface area is 140 Å². The van der Waals surface area contributed by atoms with Gasteiger partial charge in [-0.15, -0.1) is 0 Å². The molecule has 0 radical (unpaired) electrons. The molecule has 122 valence electrons. The highest BCUT2D eigenvalue weighted by Gasteiger charge is 2.34. The molecule has 4 nitrogen and oxygen atoms in total. The van der Waals surface area contributed by atoms with Crippen LogP contribution in [-0.2, 0) is 16.0 Å². The number of H-pyrrole nitrogens is 1. The molecule has 2 heterocycles. The molecule has 1 aliphatic rings. The number of aromatic nitrogens is 1. The third-order valence-corrected chi connectivity index (χ3v) is 4.90. The maximum atomic E-state index is 12.2. The van der Waals surface area contributed by atoms with Gasteiger partial charge < -0.3 is 9.72 Å². The van der Waals surface area contributed by atoms with Crippen LogP contribution in [0, 0.1) is 6.92 Å². The van der Waals surface area contributed by atoms with Gasteiger partial charge in [-0.3, -0.25) is 10.1 Å². The second kappa shape index (κ2) is 5.80. The van der Waals surface area contributed by atoms with Crippen molar-refractivity contribution in [2.45, 2.75) is 25.4 Å². The molecule has 2 atom stereocenters. The van der Waals surface area contributed by atoms with Crippen LogP contribution >= 0.6 is 0 Å². The number of aryl methyl sites for hydroxylation is 1. The van der Waals surface area contributed by atoms with Crippen LogP contribution in [0.15, 0.2) is 48.5 Å². The van der Waals surface area contributed by atoms with Gasteiger partial charge in [-0.05, 0) is 29.7 Å². The summed E-state index contributed by atoms with van der Waals surface area (Å²) in [5, 5.41) is 4.65. The summed E-state index contributed by atoms with van der Waals surface area (Å²) in [6, 6.07) is 16.1. The van der Waals surface area contributed by atoms with Crippen LogP contribution in [-0.4, -0.2) is 24.1 Å². The third kappa shape index (κ3) is 2.31. The zero-order chi connectivity index (χ0) is 16.7. The van der Waals surface area contributed by atoms with E-state index in [2.05, 4.69) is 41.5 Å². The lowest BCUT2D eigenvalue weighted by atomic mass is 9.88. The smallest absolute Gasteiger partial charge is 0.323 e. The highest BCUT2D eigenvalue weighted by atomic mass is 16.5. The van der Waals surface area contributed by atoms with E-state index in [4.69, 9.17) is 4.74 Å². The number of aromatic amines is 1. The van der Waals surface area contributed by atoms with Crippen LogP contribution in [0.25, 0.3) is 10.9 Å². The van der Waals surface area contributed by atoms with Crippen molar-refractivity contribution in [1.29, 1.82) is 0 Å². The second-order valence-electron chi connectivity index (χ2n) is 6.30. The molecule has 0 saturated heterocycles. The van der Waals surface area contributed by atoms with Crippen molar-refractivity contribution in [2.75, 3.05) is 7.11 Å². The number of carbonyl (C=O) groups excluding carboxylic acids is 1. The standard InChI is InChI=1S/C20H20N2O2/c1-12-7-3-4-8-13(12)18-19-15(11-17(22-18)20(23)24-2)14-9-5-6-10-16(14)21-19/h3-10,17-18,21-22H,11H2,1-2H3.